The molecule has 0 aromatic carbocycles. The molecule has 0 bridgehead atoms. The summed E-state index contributed by atoms with van der Waals surface area (Å²) in [7, 11) is 0. The molecule has 0 spiro atoms. The molecule has 1 aliphatic rings. The molecule has 0 fully saturated rings. The van der Waals surface area contributed by atoms with Crippen molar-refractivity contribution in [1.82, 2.24) is 5.32 Å². The van der Waals surface area contributed by atoms with Crippen molar-refractivity contribution in [3.05, 3.63) is 11.3 Å². The summed E-state index contributed by atoms with van der Waals surface area (Å²) in [6.45, 7) is 7.85. The first-order valence-corrected chi connectivity index (χ1v) is 9.23. The van der Waals surface area contributed by atoms with Gasteiger partial charge in [-0.2, -0.15) is 0 Å². The summed E-state index contributed by atoms with van der Waals surface area (Å²) in [5.74, 6) is 0.172. The molecule has 0 aromatic heterocycles. The van der Waals surface area contributed by atoms with Crippen LogP contribution in [0.25, 0.3) is 0 Å². The van der Waals surface area contributed by atoms with Gasteiger partial charge in [0.1, 0.15) is 17.9 Å². The SMILES string of the molecule is CCCCCCC1=C(C[C@H](C)OC(=O)C(CC(C)C)NC=O)OC1=O. The molecule has 1 unspecified atom stereocenters. The highest BCUT2D eigenvalue weighted by atomic mass is 16.6. The summed E-state index contributed by atoms with van der Waals surface area (Å²) in [6.07, 6.45) is 6.10. The molecule has 1 amide bonds. The van der Waals surface area contributed by atoms with Gasteiger partial charge in [-0.25, -0.2) is 9.59 Å². The third-order valence-corrected chi connectivity index (χ3v) is 4.13. The number of carbonyl (C=O) groups excluding carboxylic acids is 3. The summed E-state index contributed by atoms with van der Waals surface area (Å²) in [4.78, 5) is 34.4. The molecule has 0 saturated carbocycles. The fraction of sp³-hybridized carbons (Fsp3) is 0.737. The van der Waals surface area contributed by atoms with E-state index in [0.29, 0.717) is 25.0 Å². The molecule has 1 aliphatic heterocycles. The van der Waals surface area contributed by atoms with Crippen molar-refractivity contribution in [3.63, 3.8) is 0 Å². The van der Waals surface area contributed by atoms with Crippen molar-refractivity contribution in [1.29, 1.82) is 0 Å². The number of esters is 2. The summed E-state index contributed by atoms with van der Waals surface area (Å²) >= 11 is 0. The number of amides is 1. The van der Waals surface area contributed by atoms with Gasteiger partial charge in [0.15, 0.2) is 0 Å². The Morgan fingerprint density at radius 3 is 2.52 bits per heavy atom. The molecule has 25 heavy (non-hydrogen) atoms. The zero-order valence-electron chi connectivity index (χ0n) is 15.8. The minimum absolute atomic E-state index is 0.255. The van der Waals surface area contributed by atoms with E-state index in [1.54, 1.807) is 6.92 Å². The van der Waals surface area contributed by atoms with Gasteiger partial charge in [0.25, 0.3) is 0 Å². The maximum Gasteiger partial charge on any atom is 0.342 e. The van der Waals surface area contributed by atoms with Crippen LogP contribution in [0.2, 0.25) is 0 Å². The number of rotatable bonds is 13. The van der Waals surface area contributed by atoms with Crippen LogP contribution in [0.5, 0.6) is 0 Å². The number of ether oxygens (including phenoxy) is 2. The average molecular weight is 353 g/mol. The van der Waals surface area contributed by atoms with Crippen LogP contribution in [0.1, 0.15) is 72.6 Å². The third-order valence-electron chi connectivity index (χ3n) is 4.13. The first kappa shape index (κ1) is 21.2. The third kappa shape index (κ3) is 7.28. The van der Waals surface area contributed by atoms with Crippen molar-refractivity contribution in [2.75, 3.05) is 0 Å². The number of hydrogen-bond donors (Lipinski definition) is 1. The second kappa shape index (κ2) is 10.9. The Morgan fingerprint density at radius 2 is 1.96 bits per heavy atom. The fourth-order valence-corrected chi connectivity index (χ4v) is 2.81. The highest BCUT2D eigenvalue weighted by molar-refractivity contribution is 5.95. The molecule has 0 saturated heterocycles. The van der Waals surface area contributed by atoms with Crippen molar-refractivity contribution < 1.29 is 23.9 Å². The highest BCUT2D eigenvalue weighted by Gasteiger charge is 2.31. The lowest BCUT2D eigenvalue weighted by Crippen LogP contribution is -2.40. The van der Waals surface area contributed by atoms with Gasteiger partial charge in [0.2, 0.25) is 6.41 Å². The number of carbonyl (C=O) groups is 3. The van der Waals surface area contributed by atoms with Crippen LogP contribution in [0.3, 0.4) is 0 Å². The maximum absolute atomic E-state index is 12.2. The number of hydrogen-bond acceptors (Lipinski definition) is 5. The van der Waals surface area contributed by atoms with E-state index in [1.165, 1.54) is 0 Å². The quantitative estimate of drug-likeness (QED) is 0.312. The van der Waals surface area contributed by atoms with Crippen molar-refractivity contribution >= 4 is 18.3 Å². The van der Waals surface area contributed by atoms with Crippen LogP contribution in [-0.4, -0.2) is 30.5 Å². The van der Waals surface area contributed by atoms with E-state index in [4.69, 9.17) is 9.47 Å². The molecule has 1 N–H and O–H groups in total. The normalized spacial score (nSPS) is 16.1. The molecular formula is C19H31NO5. The van der Waals surface area contributed by atoms with Gasteiger partial charge in [-0.05, 0) is 32.1 Å². The van der Waals surface area contributed by atoms with E-state index in [9.17, 15) is 14.4 Å². The molecule has 0 radical (unpaired) electrons. The average Bonchev–Trinajstić information content (AvgIpc) is 2.53. The lowest BCUT2D eigenvalue weighted by Gasteiger charge is -2.26. The van der Waals surface area contributed by atoms with Crippen LogP contribution in [0.15, 0.2) is 11.3 Å². The van der Waals surface area contributed by atoms with Crippen molar-refractivity contribution in [2.24, 2.45) is 5.92 Å². The molecule has 142 valence electrons. The van der Waals surface area contributed by atoms with Gasteiger partial charge < -0.3 is 14.8 Å². The zero-order chi connectivity index (χ0) is 18.8. The molecular weight excluding hydrogens is 322 g/mol. The topological polar surface area (TPSA) is 81.7 Å². The number of cyclic esters (lactones) is 1. The smallest absolute Gasteiger partial charge is 0.342 e. The standard InChI is InChI=1S/C19H31NO5/c1-5-6-7-8-9-15-17(25-18(15)22)11-14(4)24-19(23)16(20-12-21)10-13(2)3/h12-14,16H,5-11H2,1-4H3,(H,20,21)/t14-,16?/m0/s1. The zero-order valence-corrected chi connectivity index (χ0v) is 15.8. The van der Waals surface area contributed by atoms with Crippen LogP contribution < -0.4 is 5.32 Å². The first-order chi connectivity index (χ1) is 11.9. The van der Waals surface area contributed by atoms with Gasteiger partial charge in [-0.3, -0.25) is 4.79 Å². The molecule has 1 rings (SSSR count). The van der Waals surface area contributed by atoms with Gasteiger partial charge in [-0.1, -0.05) is 40.0 Å². The largest absolute Gasteiger partial charge is 0.461 e. The second-order valence-electron chi connectivity index (χ2n) is 7.02. The number of nitrogens with one attached hydrogen (secondary N) is 1. The summed E-state index contributed by atoms with van der Waals surface area (Å²) in [6, 6.07) is -0.647. The monoisotopic (exact) mass is 353 g/mol. The van der Waals surface area contributed by atoms with Gasteiger partial charge in [0, 0.05) is 6.42 Å². The van der Waals surface area contributed by atoms with Crippen LogP contribution >= 0.6 is 0 Å². The summed E-state index contributed by atoms with van der Waals surface area (Å²) in [5.41, 5.74) is 0.726. The summed E-state index contributed by atoms with van der Waals surface area (Å²) in [5, 5.41) is 2.50. The van der Waals surface area contributed by atoms with E-state index in [-0.39, 0.29) is 11.9 Å². The highest BCUT2D eigenvalue weighted by Crippen LogP contribution is 2.30. The van der Waals surface area contributed by atoms with E-state index in [2.05, 4.69) is 12.2 Å². The van der Waals surface area contributed by atoms with Crippen molar-refractivity contribution in [2.45, 2.75) is 84.8 Å². The van der Waals surface area contributed by atoms with Crippen LogP contribution in [0.4, 0.5) is 0 Å². The Balaban J connectivity index is 2.52. The molecule has 1 heterocycles. The Labute approximate surface area is 150 Å². The van der Waals surface area contributed by atoms with E-state index >= 15 is 0 Å². The Bertz CT molecular complexity index is 498. The Hall–Kier alpha value is -1.85. The predicted octanol–water partition coefficient (Wildman–Crippen LogP) is 3.25. The van der Waals surface area contributed by atoms with E-state index in [1.807, 2.05) is 13.8 Å². The second-order valence-corrected chi connectivity index (χ2v) is 7.02. The molecule has 0 aromatic rings. The molecule has 0 aliphatic carbocycles. The lowest BCUT2D eigenvalue weighted by atomic mass is 10.00. The van der Waals surface area contributed by atoms with Crippen molar-refractivity contribution in [3.8, 4) is 0 Å². The fourth-order valence-electron chi connectivity index (χ4n) is 2.81. The van der Waals surface area contributed by atoms with Gasteiger partial charge in [-0.15, -0.1) is 0 Å². The predicted molar refractivity (Wildman–Crippen MR) is 94.5 cm³/mol. The Morgan fingerprint density at radius 1 is 1.24 bits per heavy atom. The lowest BCUT2D eigenvalue weighted by molar-refractivity contribution is -0.153. The Kier molecular flexibility index (Phi) is 9.24. The van der Waals surface area contributed by atoms with Gasteiger partial charge in [0.05, 0.1) is 5.57 Å². The molecule has 6 heteroatoms. The van der Waals surface area contributed by atoms with E-state index < -0.39 is 18.1 Å². The molecule has 2 atom stereocenters. The molecule has 6 nitrogen and oxygen atoms in total. The minimum Gasteiger partial charge on any atom is -0.461 e. The van der Waals surface area contributed by atoms with Gasteiger partial charge >= 0.3 is 11.9 Å². The maximum atomic E-state index is 12.2. The minimum atomic E-state index is -0.647. The van der Waals surface area contributed by atoms with Crippen LogP contribution in [0, 0.1) is 5.92 Å². The van der Waals surface area contributed by atoms with Crippen LogP contribution in [-0.2, 0) is 23.9 Å². The van der Waals surface area contributed by atoms with E-state index in [0.717, 1.165) is 37.7 Å². The summed E-state index contributed by atoms with van der Waals surface area (Å²) < 4.78 is 10.5. The first-order valence-electron chi connectivity index (χ1n) is 9.23. The number of unbranched alkanes of at least 4 members (excludes halogenated alkanes) is 3.